The normalized spacial score (nSPS) is 11.1. The second-order valence-corrected chi connectivity index (χ2v) is 4.76. The SMILES string of the molecule is CCN(C(=O)CN(CCO)C(C)C)c1ccccc1. The molecule has 0 saturated carbocycles. The van der Waals surface area contributed by atoms with Crippen LogP contribution in [0.5, 0.6) is 0 Å². The molecule has 0 aliphatic rings. The van der Waals surface area contributed by atoms with Crippen molar-refractivity contribution >= 4 is 11.6 Å². The van der Waals surface area contributed by atoms with Crippen LogP contribution in [0.3, 0.4) is 0 Å². The first-order chi connectivity index (χ1) is 9.10. The highest BCUT2D eigenvalue weighted by Gasteiger charge is 2.18. The molecular formula is C15H24N2O2. The summed E-state index contributed by atoms with van der Waals surface area (Å²) in [6.45, 7) is 7.60. The van der Waals surface area contributed by atoms with Gasteiger partial charge < -0.3 is 10.0 Å². The van der Waals surface area contributed by atoms with E-state index in [0.29, 0.717) is 19.6 Å². The van der Waals surface area contributed by atoms with Gasteiger partial charge in [0.25, 0.3) is 0 Å². The van der Waals surface area contributed by atoms with E-state index < -0.39 is 0 Å². The van der Waals surface area contributed by atoms with E-state index in [4.69, 9.17) is 5.11 Å². The third-order valence-electron chi connectivity index (χ3n) is 3.14. The maximum Gasteiger partial charge on any atom is 0.241 e. The highest BCUT2D eigenvalue weighted by atomic mass is 16.3. The van der Waals surface area contributed by atoms with Gasteiger partial charge in [-0.3, -0.25) is 9.69 Å². The maximum absolute atomic E-state index is 12.4. The molecule has 0 aromatic heterocycles. The van der Waals surface area contributed by atoms with Gasteiger partial charge in [0.05, 0.1) is 13.2 Å². The van der Waals surface area contributed by atoms with Crippen molar-refractivity contribution in [1.29, 1.82) is 0 Å². The first-order valence-electron chi connectivity index (χ1n) is 6.80. The van der Waals surface area contributed by atoms with Gasteiger partial charge in [-0.1, -0.05) is 18.2 Å². The van der Waals surface area contributed by atoms with E-state index >= 15 is 0 Å². The van der Waals surface area contributed by atoms with Crippen LogP contribution in [0.25, 0.3) is 0 Å². The summed E-state index contributed by atoms with van der Waals surface area (Å²) in [7, 11) is 0. The van der Waals surface area contributed by atoms with Gasteiger partial charge in [-0.2, -0.15) is 0 Å². The quantitative estimate of drug-likeness (QED) is 0.816. The average molecular weight is 264 g/mol. The van der Waals surface area contributed by atoms with Crippen molar-refractivity contribution in [2.75, 3.05) is 31.1 Å². The monoisotopic (exact) mass is 264 g/mol. The van der Waals surface area contributed by atoms with Gasteiger partial charge in [0.2, 0.25) is 5.91 Å². The van der Waals surface area contributed by atoms with Crippen LogP contribution in [0, 0.1) is 0 Å². The zero-order chi connectivity index (χ0) is 14.3. The van der Waals surface area contributed by atoms with Crippen LogP contribution >= 0.6 is 0 Å². The van der Waals surface area contributed by atoms with Crippen molar-refractivity contribution in [3.63, 3.8) is 0 Å². The van der Waals surface area contributed by atoms with Crippen molar-refractivity contribution in [2.45, 2.75) is 26.8 Å². The fraction of sp³-hybridized carbons (Fsp3) is 0.533. The maximum atomic E-state index is 12.4. The molecule has 1 N–H and O–H groups in total. The van der Waals surface area contributed by atoms with Crippen LogP contribution in [0.15, 0.2) is 30.3 Å². The second-order valence-electron chi connectivity index (χ2n) is 4.76. The number of para-hydroxylation sites is 1. The number of aliphatic hydroxyl groups is 1. The van der Waals surface area contributed by atoms with Gasteiger partial charge in [0, 0.05) is 24.8 Å². The number of aliphatic hydroxyl groups excluding tert-OH is 1. The number of likely N-dealkylation sites (N-methyl/N-ethyl adjacent to an activating group) is 1. The minimum Gasteiger partial charge on any atom is -0.395 e. The topological polar surface area (TPSA) is 43.8 Å². The van der Waals surface area contributed by atoms with Crippen LogP contribution in [0.2, 0.25) is 0 Å². The molecule has 4 heteroatoms. The Morgan fingerprint density at radius 2 is 1.89 bits per heavy atom. The summed E-state index contributed by atoms with van der Waals surface area (Å²) in [6.07, 6.45) is 0. The number of carbonyl (C=O) groups is 1. The van der Waals surface area contributed by atoms with Crippen LogP contribution < -0.4 is 4.90 Å². The lowest BCUT2D eigenvalue weighted by molar-refractivity contribution is -0.120. The third-order valence-corrected chi connectivity index (χ3v) is 3.14. The first-order valence-corrected chi connectivity index (χ1v) is 6.80. The molecular weight excluding hydrogens is 240 g/mol. The summed E-state index contributed by atoms with van der Waals surface area (Å²) < 4.78 is 0. The van der Waals surface area contributed by atoms with E-state index in [9.17, 15) is 4.79 Å². The Kier molecular flexibility index (Phi) is 6.53. The molecule has 0 bridgehead atoms. The van der Waals surface area contributed by atoms with Gasteiger partial charge >= 0.3 is 0 Å². The highest BCUT2D eigenvalue weighted by Crippen LogP contribution is 2.13. The molecule has 0 saturated heterocycles. The number of anilines is 1. The second kappa shape index (κ2) is 7.92. The Morgan fingerprint density at radius 1 is 1.26 bits per heavy atom. The predicted molar refractivity (Wildman–Crippen MR) is 78.3 cm³/mol. The number of rotatable bonds is 7. The number of hydrogen-bond donors (Lipinski definition) is 1. The van der Waals surface area contributed by atoms with Gasteiger partial charge in [0.1, 0.15) is 0 Å². The number of carbonyl (C=O) groups excluding carboxylic acids is 1. The van der Waals surface area contributed by atoms with Crippen molar-refractivity contribution in [1.82, 2.24) is 4.90 Å². The number of benzene rings is 1. The van der Waals surface area contributed by atoms with Crippen molar-refractivity contribution < 1.29 is 9.90 Å². The largest absolute Gasteiger partial charge is 0.395 e. The summed E-state index contributed by atoms with van der Waals surface area (Å²) in [4.78, 5) is 16.1. The Morgan fingerprint density at radius 3 is 2.37 bits per heavy atom. The summed E-state index contributed by atoms with van der Waals surface area (Å²) in [6, 6.07) is 9.91. The Balaban J connectivity index is 2.74. The molecule has 0 heterocycles. The molecule has 106 valence electrons. The molecule has 19 heavy (non-hydrogen) atoms. The average Bonchev–Trinajstić information content (AvgIpc) is 2.40. The van der Waals surface area contributed by atoms with Crippen molar-refractivity contribution in [2.24, 2.45) is 0 Å². The Bertz CT molecular complexity index is 379. The van der Waals surface area contributed by atoms with E-state index in [1.807, 2.05) is 56.0 Å². The lowest BCUT2D eigenvalue weighted by Crippen LogP contribution is -2.44. The standard InChI is InChI=1S/C15H24N2O2/c1-4-17(14-8-6-5-7-9-14)15(19)12-16(10-11-18)13(2)3/h5-9,13,18H,4,10-12H2,1-3H3. The minimum atomic E-state index is 0.0656. The molecule has 1 aromatic carbocycles. The molecule has 1 aromatic rings. The zero-order valence-corrected chi connectivity index (χ0v) is 12.0. The Hall–Kier alpha value is -1.39. The van der Waals surface area contributed by atoms with E-state index in [-0.39, 0.29) is 18.6 Å². The molecule has 0 fully saturated rings. The van der Waals surface area contributed by atoms with Crippen LogP contribution in [0.1, 0.15) is 20.8 Å². The minimum absolute atomic E-state index is 0.0656. The summed E-state index contributed by atoms with van der Waals surface area (Å²) in [5.74, 6) is 0.0656. The molecule has 0 radical (unpaired) electrons. The smallest absolute Gasteiger partial charge is 0.241 e. The number of amides is 1. The zero-order valence-electron chi connectivity index (χ0n) is 12.0. The summed E-state index contributed by atoms with van der Waals surface area (Å²) in [5.41, 5.74) is 0.919. The Labute approximate surface area is 115 Å². The number of nitrogens with zero attached hydrogens (tertiary/aromatic N) is 2. The molecule has 4 nitrogen and oxygen atoms in total. The molecule has 0 aliphatic carbocycles. The summed E-state index contributed by atoms with van der Waals surface area (Å²) >= 11 is 0. The van der Waals surface area contributed by atoms with Crippen LogP contribution in [-0.4, -0.2) is 48.2 Å². The van der Waals surface area contributed by atoms with E-state index in [2.05, 4.69) is 0 Å². The molecule has 0 unspecified atom stereocenters. The van der Waals surface area contributed by atoms with Crippen LogP contribution in [0.4, 0.5) is 5.69 Å². The number of hydrogen-bond acceptors (Lipinski definition) is 3. The van der Waals surface area contributed by atoms with Crippen molar-refractivity contribution in [3.05, 3.63) is 30.3 Å². The van der Waals surface area contributed by atoms with Crippen molar-refractivity contribution in [3.8, 4) is 0 Å². The molecule has 1 rings (SSSR count). The molecule has 0 atom stereocenters. The van der Waals surface area contributed by atoms with E-state index in [1.54, 1.807) is 4.90 Å². The van der Waals surface area contributed by atoms with Gasteiger partial charge in [-0.15, -0.1) is 0 Å². The van der Waals surface area contributed by atoms with Gasteiger partial charge in [-0.05, 0) is 32.9 Å². The first kappa shape index (κ1) is 15.7. The fourth-order valence-corrected chi connectivity index (χ4v) is 2.02. The third kappa shape index (κ3) is 4.65. The van der Waals surface area contributed by atoms with Crippen LogP contribution in [-0.2, 0) is 4.79 Å². The lowest BCUT2D eigenvalue weighted by atomic mass is 10.2. The highest BCUT2D eigenvalue weighted by molar-refractivity contribution is 5.94. The lowest BCUT2D eigenvalue weighted by Gasteiger charge is -2.28. The van der Waals surface area contributed by atoms with E-state index in [0.717, 1.165) is 5.69 Å². The van der Waals surface area contributed by atoms with Gasteiger partial charge in [0.15, 0.2) is 0 Å². The summed E-state index contributed by atoms with van der Waals surface area (Å²) in [5, 5.41) is 9.04. The fourth-order valence-electron chi connectivity index (χ4n) is 2.02. The predicted octanol–water partition coefficient (Wildman–Crippen LogP) is 1.74. The molecule has 0 aliphatic heterocycles. The molecule has 1 amide bonds. The van der Waals surface area contributed by atoms with Gasteiger partial charge in [-0.25, -0.2) is 0 Å². The molecule has 0 spiro atoms. The van der Waals surface area contributed by atoms with E-state index in [1.165, 1.54) is 0 Å².